The molecule has 0 bridgehead atoms. The molecule has 0 aliphatic carbocycles. The standard InChI is InChI=1S/C24H32B2FN2O5PS.2C2H6/c1-22(2,3)15-12-16(23(4,5)6)20-14(19(15)27)13-32-35(33-20)34-24(25,26)17(31-7)8-10-29-11-9-18(30)28-21(29)36;2*1-2/h9,11-12,17H,8,10,13H2,1-7H3,(H,28,30,36);2*1-2H3. The van der Waals surface area contributed by atoms with Crippen molar-refractivity contribution in [3.8, 4) is 5.75 Å². The third-order valence-corrected chi connectivity index (χ3v) is 7.43. The number of nitrogens with one attached hydrogen (secondary N) is 1. The summed E-state index contributed by atoms with van der Waals surface area (Å²) >= 11 is 5.18. The van der Waals surface area contributed by atoms with Gasteiger partial charge in [-0.05, 0) is 41.1 Å². The van der Waals surface area contributed by atoms with E-state index in [4.69, 9.17) is 46.2 Å². The molecule has 2 unspecified atom stereocenters. The van der Waals surface area contributed by atoms with Gasteiger partial charge in [0, 0.05) is 36.9 Å². The summed E-state index contributed by atoms with van der Waals surface area (Å²) < 4.78 is 40.6. The van der Waals surface area contributed by atoms with Crippen molar-refractivity contribution in [3.05, 3.63) is 56.0 Å². The van der Waals surface area contributed by atoms with E-state index >= 15 is 4.39 Å². The maximum Gasteiger partial charge on any atom is 0.396 e. The van der Waals surface area contributed by atoms with E-state index in [-0.39, 0.29) is 28.2 Å². The molecule has 2 aromatic rings. The lowest BCUT2D eigenvalue weighted by molar-refractivity contribution is 0.000927. The molecular formula is C28H44B2FN2O5PS. The first-order valence-corrected chi connectivity index (χ1v) is 15.1. The second kappa shape index (κ2) is 15.1. The van der Waals surface area contributed by atoms with Gasteiger partial charge in [-0.1, -0.05) is 69.2 Å². The molecule has 1 aromatic heterocycles. The Bertz CT molecular complexity index is 1230. The number of benzene rings is 1. The minimum atomic E-state index is -2.05. The van der Waals surface area contributed by atoms with Gasteiger partial charge in [0.05, 0.1) is 18.3 Å². The highest BCUT2D eigenvalue weighted by Crippen LogP contribution is 2.54. The maximum absolute atomic E-state index is 15.5. The minimum Gasteiger partial charge on any atom is -0.426 e. The largest absolute Gasteiger partial charge is 0.426 e. The fourth-order valence-electron chi connectivity index (χ4n) is 3.89. The van der Waals surface area contributed by atoms with Gasteiger partial charge >= 0.3 is 8.60 Å². The van der Waals surface area contributed by atoms with E-state index in [2.05, 4.69) is 4.98 Å². The Hall–Kier alpha value is -1.51. The van der Waals surface area contributed by atoms with E-state index in [1.807, 2.05) is 75.3 Å². The van der Waals surface area contributed by atoms with Crippen LogP contribution in [0.25, 0.3) is 0 Å². The Morgan fingerprint density at radius 1 is 1.12 bits per heavy atom. The molecule has 0 saturated heterocycles. The summed E-state index contributed by atoms with van der Waals surface area (Å²) in [6, 6.07) is 3.23. The number of rotatable bonds is 7. The number of hydrogen-bond donors (Lipinski definition) is 1. The Morgan fingerprint density at radius 2 is 1.70 bits per heavy atom. The highest BCUT2D eigenvalue weighted by molar-refractivity contribution is 7.71. The third kappa shape index (κ3) is 9.25. The zero-order valence-corrected chi connectivity index (χ0v) is 27.5. The van der Waals surface area contributed by atoms with E-state index in [1.54, 1.807) is 10.8 Å². The molecule has 2 atom stereocenters. The first-order chi connectivity index (χ1) is 18.5. The van der Waals surface area contributed by atoms with Gasteiger partial charge in [-0.2, -0.15) is 0 Å². The van der Waals surface area contributed by atoms with Gasteiger partial charge in [0.25, 0.3) is 5.56 Å². The Kier molecular flexibility index (Phi) is 13.8. The van der Waals surface area contributed by atoms with Crippen LogP contribution in [0.1, 0.15) is 92.3 Å². The highest BCUT2D eigenvalue weighted by Gasteiger charge is 2.39. The number of halogens is 1. The summed E-state index contributed by atoms with van der Waals surface area (Å²) in [7, 11) is 12.0. The molecule has 2 heterocycles. The van der Waals surface area contributed by atoms with Crippen LogP contribution in [0.4, 0.5) is 4.39 Å². The number of fused-ring (bicyclic) bond motifs is 1. The van der Waals surface area contributed by atoms with Crippen LogP contribution in [0.5, 0.6) is 5.75 Å². The van der Waals surface area contributed by atoms with Crippen molar-refractivity contribution >= 4 is 36.5 Å². The zero-order chi connectivity index (χ0) is 31.1. The van der Waals surface area contributed by atoms with E-state index in [0.29, 0.717) is 29.8 Å². The van der Waals surface area contributed by atoms with Crippen LogP contribution in [0, 0.1) is 10.6 Å². The summed E-state index contributed by atoms with van der Waals surface area (Å²) in [6.07, 6.45) is 1.12. The first kappa shape index (κ1) is 36.5. The molecule has 0 saturated carbocycles. The molecule has 0 spiro atoms. The number of hydrogen-bond acceptors (Lipinski definition) is 6. The fourth-order valence-corrected chi connectivity index (χ4v) is 5.25. The van der Waals surface area contributed by atoms with Gasteiger partial charge in [-0.3, -0.25) is 14.3 Å². The normalized spacial score (nSPS) is 15.9. The van der Waals surface area contributed by atoms with Crippen LogP contribution in [-0.2, 0) is 37.8 Å². The fraction of sp³-hybridized carbons (Fsp3) is 0.643. The van der Waals surface area contributed by atoms with Gasteiger partial charge in [-0.15, -0.1) is 0 Å². The van der Waals surface area contributed by atoms with Crippen molar-refractivity contribution in [2.75, 3.05) is 7.11 Å². The molecule has 0 fully saturated rings. The molecule has 12 heteroatoms. The number of H-pyrrole nitrogens is 1. The number of methoxy groups -OCH3 is 1. The highest BCUT2D eigenvalue weighted by atomic mass is 32.1. The molecule has 4 radical (unpaired) electrons. The van der Waals surface area contributed by atoms with Gasteiger partial charge in [0.15, 0.2) is 4.77 Å². The van der Waals surface area contributed by atoms with Crippen molar-refractivity contribution in [1.29, 1.82) is 0 Å². The van der Waals surface area contributed by atoms with Crippen molar-refractivity contribution < 1.29 is 22.7 Å². The summed E-state index contributed by atoms with van der Waals surface area (Å²) in [5.41, 5.74) is 0.775. The topological polar surface area (TPSA) is 74.7 Å². The lowest BCUT2D eigenvalue weighted by Gasteiger charge is -2.39. The van der Waals surface area contributed by atoms with Crippen molar-refractivity contribution in [3.63, 3.8) is 0 Å². The number of nitrogens with zero attached hydrogens (tertiary/aromatic N) is 1. The SMILES string of the molecule is CC.CC.[B]C([B])(OP1OCc2c(F)c(C(C)(C)C)cc(C(C)(C)C)c2O1)C(CCn1ccc(=O)[nH]c1=S)OC. The quantitative estimate of drug-likeness (QED) is 0.213. The van der Waals surface area contributed by atoms with Gasteiger partial charge in [0.1, 0.15) is 27.3 Å². The first-order valence-electron chi connectivity index (χ1n) is 13.6. The maximum atomic E-state index is 15.5. The van der Waals surface area contributed by atoms with Crippen LogP contribution in [0.3, 0.4) is 0 Å². The van der Waals surface area contributed by atoms with E-state index < -0.39 is 25.5 Å². The van der Waals surface area contributed by atoms with E-state index in [0.717, 1.165) is 5.56 Å². The number of ether oxygens (including phenoxy) is 1. The second-order valence-corrected chi connectivity index (χ2v) is 12.4. The summed E-state index contributed by atoms with van der Waals surface area (Å²) in [4.78, 5) is 14.0. The molecule has 1 aromatic carbocycles. The zero-order valence-electron chi connectivity index (χ0n) is 25.8. The summed E-state index contributed by atoms with van der Waals surface area (Å²) in [6.45, 7) is 20.3. The molecule has 220 valence electrons. The van der Waals surface area contributed by atoms with E-state index in [9.17, 15) is 4.79 Å². The third-order valence-electron chi connectivity index (χ3n) is 5.95. The summed E-state index contributed by atoms with van der Waals surface area (Å²) in [5, 5.41) is -1.78. The Labute approximate surface area is 248 Å². The van der Waals surface area contributed by atoms with Crippen molar-refractivity contribution in [2.24, 2.45) is 0 Å². The number of aromatic amines is 1. The number of aromatic nitrogens is 2. The van der Waals surface area contributed by atoms with E-state index in [1.165, 1.54) is 13.2 Å². The summed E-state index contributed by atoms with van der Waals surface area (Å²) in [5.74, 6) is 0.0500. The Balaban J connectivity index is 0.00000191. The molecule has 1 aliphatic rings. The van der Waals surface area contributed by atoms with Gasteiger partial charge < -0.3 is 18.4 Å². The van der Waals surface area contributed by atoms with Crippen molar-refractivity contribution in [1.82, 2.24) is 9.55 Å². The molecule has 40 heavy (non-hydrogen) atoms. The monoisotopic (exact) mass is 592 g/mol. The van der Waals surface area contributed by atoms with Gasteiger partial charge in [0.2, 0.25) is 0 Å². The minimum absolute atomic E-state index is 0.0415. The predicted octanol–water partition coefficient (Wildman–Crippen LogP) is 6.94. The number of aryl methyl sites for hydroxylation is 1. The van der Waals surface area contributed by atoms with Crippen molar-refractivity contribution in [2.45, 2.75) is 111 Å². The lowest BCUT2D eigenvalue weighted by Crippen LogP contribution is -2.47. The molecular weight excluding hydrogens is 548 g/mol. The van der Waals surface area contributed by atoms with Crippen LogP contribution >= 0.6 is 20.8 Å². The van der Waals surface area contributed by atoms with Crippen LogP contribution < -0.4 is 10.1 Å². The molecule has 1 N–H and O–H groups in total. The van der Waals surface area contributed by atoms with Crippen LogP contribution in [-0.4, -0.2) is 43.9 Å². The lowest BCUT2D eigenvalue weighted by atomic mass is 9.61. The average molecular weight is 592 g/mol. The Morgan fingerprint density at radius 3 is 2.20 bits per heavy atom. The average Bonchev–Trinajstić information content (AvgIpc) is 2.86. The van der Waals surface area contributed by atoms with Crippen LogP contribution in [0.15, 0.2) is 23.1 Å². The predicted molar refractivity (Wildman–Crippen MR) is 165 cm³/mol. The molecule has 7 nitrogen and oxygen atoms in total. The smallest absolute Gasteiger partial charge is 0.396 e. The van der Waals surface area contributed by atoms with Crippen LogP contribution in [0.2, 0.25) is 0 Å². The van der Waals surface area contributed by atoms with Gasteiger partial charge in [-0.25, -0.2) is 4.39 Å². The molecule has 1 aliphatic heterocycles. The second-order valence-electron chi connectivity index (χ2n) is 10.9. The molecule has 3 rings (SSSR count). The molecule has 0 amide bonds.